The van der Waals surface area contributed by atoms with Gasteiger partial charge >= 0.3 is 6.61 Å². The van der Waals surface area contributed by atoms with E-state index in [4.69, 9.17) is 9.47 Å². The van der Waals surface area contributed by atoms with Crippen molar-refractivity contribution in [2.45, 2.75) is 40.2 Å². The Morgan fingerprint density at radius 2 is 1.79 bits per heavy atom. The van der Waals surface area contributed by atoms with Crippen molar-refractivity contribution in [3.63, 3.8) is 0 Å². The number of ether oxygens (including phenoxy) is 3. The molecule has 0 spiro atoms. The van der Waals surface area contributed by atoms with Crippen LogP contribution in [0.15, 0.2) is 41.3 Å². The van der Waals surface area contributed by atoms with Crippen molar-refractivity contribution >= 4 is 29.0 Å². The van der Waals surface area contributed by atoms with Gasteiger partial charge in [-0.3, -0.25) is 14.5 Å². The highest BCUT2D eigenvalue weighted by atomic mass is 32.2. The molecule has 2 aromatic carbocycles. The maximum atomic E-state index is 12.8. The van der Waals surface area contributed by atoms with Crippen molar-refractivity contribution < 1.29 is 32.6 Å². The molecule has 2 aromatic rings. The van der Waals surface area contributed by atoms with E-state index in [0.717, 1.165) is 33.5 Å². The van der Waals surface area contributed by atoms with Gasteiger partial charge in [0, 0.05) is 0 Å². The van der Waals surface area contributed by atoms with Gasteiger partial charge in [0.2, 0.25) is 0 Å². The molecule has 0 aromatic heterocycles. The van der Waals surface area contributed by atoms with Gasteiger partial charge in [0.05, 0.1) is 18.1 Å². The highest BCUT2D eigenvalue weighted by Crippen LogP contribution is 2.35. The van der Waals surface area contributed by atoms with E-state index < -0.39 is 17.8 Å². The van der Waals surface area contributed by atoms with E-state index >= 15 is 0 Å². The molecule has 0 bridgehead atoms. The number of hydrogen-bond donors (Lipinski definition) is 0. The molecule has 1 aliphatic rings. The highest BCUT2D eigenvalue weighted by molar-refractivity contribution is 8.18. The number of amides is 2. The van der Waals surface area contributed by atoms with Gasteiger partial charge in [0.25, 0.3) is 11.1 Å². The summed E-state index contributed by atoms with van der Waals surface area (Å²) in [5, 5.41) is -0.393. The van der Waals surface area contributed by atoms with Crippen LogP contribution in [0.2, 0.25) is 0 Å². The zero-order valence-corrected chi connectivity index (χ0v) is 20.3. The summed E-state index contributed by atoms with van der Waals surface area (Å²) in [5.41, 5.74) is 2.64. The normalized spacial score (nSPS) is 15.1. The Bertz CT molecular complexity index is 1090. The molecule has 1 saturated heterocycles. The molecular weight excluding hydrogens is 464 g/mol. The standard InChI is InChI=1S/C25H27F2NO5S/c1-5-31-21-13-17(7-9-19(21)33-24(26)27)14-22-23(29)28(25(30)34-22)10-11-32-20-12-16(4)6-8-18(20)15(2)3/h6-9,12-15,24H,5,10-11H2,1-4H3/b22-14-. The van der Waals surface area contributed by atoms with Crippen LogP contribution < -0.4 is 14.2 Å². The number of hydrogen-bond acceptors (Lipinski definition) is 6. The first-order valence-corrected chi connectivity index (χ1v) is 11.7. The molecule has 1 fully saturated rings. The smallest absolute Gasteiger partial charge is 0.387 e. The molecule has 0 atom stereocenters. The fourth-order valence-electron chi connectivity index (χ4n) is 3.41. The van der Waals surface area contributed by atoms with Crippen LogP contribution in [0.1, 0.15) is 43.4 Å². The fourth-order valence-corrected chi connectivity index (χ4v) is 4.28. The zero-order chi connectivity index (χ0) is 24.8. The van der Waals surface area contributed by atoms with Gasteiger partial charge in [-0.15, -0.1) is 0 Å². The minimum absolute atomic E-state index is 0.101. The molecule has 1 aliphatic heterocycles. The molecule has 6 nitrogen and oxygen atoms in total. The van der Waals surface area contributed by atoms with Crippen LogP contribution in [0, 0.1) is 6.92 Å². The van der Waals surface area contributed by atoms with Gasteiger partial charge in [0.15, 0.2) is 11.5 Å². The number of alkyl halides is 2. The summed E-state index contributed by atoms with van der Waals surface area (Å²) in [7, 11) is 0. The molecule has 2 amide bonds. The van der Waals surface area contributed by atoms with Gasteiger partial charge in [-0.25, -0.2) is 0 Å². The van der Waals surface area contributed by atoms with Gasteiger partial charge < -0.3 is 14.2 Å². The van der Waals surface area contributed by atoms with Crippen LogP contribution in [-0.2, 0) is 4.79 Å². The number of rotatable bonds is 10. The monoisotopic (exact) mass is 491 g/mol. The predicted molar refractivity (Wildman–Crippen MR) is 128 cm³/mol. The highest BCUT2D eigenvalue weighted by Gasteiger charge is 2.35. The number of imide groups is 1. The first kappa shape index (κ1) is 25.6. The minimum atomic E-state index is -2.99. The lowest BCUT2D eigenvalue weighted by Gasteiger charge is -2.17. The largest absolute Gasteiger partial charge is 0.491 e. The lowest BCUT2D eigenvalue weighted by molar-refractivity contribution is -0.123. The van der Waals surface area contributed by atoms with Crippen molar-refractivity contribution in [1.29, 1.82) is 0 Å². The zero-order valence-electron chi connectivity index (χ0n) is 19.5. The Labute approximate surface area is 201 Å². The Kier molecular flexibility index (Phi) is 8.55. The van der Waals surface area contributed by atoms with Crippen LogP contribution in [0.5, 0.6) is 17.2 Å². The number of thioether (sulfide) groups is 1. The second kappa shape index (κ2) is 11.4. The van der Waals surface area contributed by atoms with E-state index in [-0.39, 0.29) is 42.1 Å². The molecule has 0 radical (unpaired) electrons. The molecule has 0 aliphatic carbocycles. The lowest BCUT2D eigenvalue weighted by Crippen LogP contribution is -2.32. The first-order valence-electron chi connectivity index (χ1n) is 10.9. The van der Waals surface area contributed by atoms with Crippen LogP contribution in [0.4, 0.5) is 13.6 Å². The average molecular weight is 492 g/mol. The fraction of sp³-hybridized carbons (Fsp3) is 0.360. The quantitative estimate of drug-likeness (QED) is 0.367. The molecule has 182 valence electrons. The second-order valence-corrected chi connectivity index (χ2v) is 8.89. The molecule has 3 rings (SSSR count). The van der Waals surface area contributed by atoms with E-state index in [9.17, 15) is 18.4 Å². The Morgan fingerprint density at radius 1 is 1.03 bits per heavy atom. The van der Waals surface area contributed by atoms with Crippen LogP contribution in [0.3, 0.4) is 0 Å². The second-order valence-electron chi connectivity index (χ2n) is 7.90. The van der Waals surface area contributed by atoms with Gasteiger partial charge in [-0.05, 0) is 72.5 Å². The molecule has 9 heteroatoms. The molecule has 0 unspecified atom stereocenters. The third kappa shape index (κ3) is 6.28. The molecular formula is C25H27F2NO5S. The summed E-state index contributed by atoms with van der Waals surface area (Å²) in [5.74, 6) is 0.610. The third-order valence-electron chi connectivity index (χ3n) is 5.02. The number of carbonyl (C=O) groups excluding carboxylic acids is 2. The van der Waals surface area contributed by atoms with Crippen LogP contribution in [0.25, 0.3) is 6.08 Å². The summed E-state index contributed by atoms with van der Waals surface area (Å²) in [6.07, 6.45) is 1.53. The first-order chi connectivity index (χ1) is 16.2. The number of nitrogens with zero attached hydrogens (tertiary/aromatic N) is 1. The van der Waals surface area contributed by atoms with Crippen LogP contribution >= 0.6 is 11.8 Å². The van der Waals surface area contributed by atoms with E-state index in [1.165, 1.54) is 24.3 Å². The van der Waals surface area contributed by atoms with Crippen molar-refractivity contribution in [3.05, 3.63) is 58.0 Å². The number of halogens is 2. The topological polar surface area (TPSA) is 65.1 Å². The maximum absolute atomic E-state index is 12.8. The SMILES string of the molecule is CCOc1cc(/C=C2\SC(=O)N(CCOc3cc(C)ccc3C(C)C)C2=O)ccc1OC(F)F. The van der Waals surface area contributed by atoms with Crippen molar-refractivity contribution in [3.8, 4) is 17.2 Å². The summed E-state index contributed by atoms with van der Waals surface area (Å²) in [6, 6.07) is 10.3. The minimum Gasteiger partial charge on any atom is -0.491 e. The maximum Gasteiger partial charge on any atom is 0.387 e. The summed E-state index contributed by atoms with van der Waals surface area (Å²) in [6.45, 7) is 5.37. The summed E-state index contributed by atoms with van der Waals surface area (Å²) in [4.78, 5) is 26.6. The van der Waals surface area contributed by atoms with Gasteiger partial charge in [-0.1, -0.05) is 32.0 Å². The number of benzene rings is 2. The number of aryl methyl sites for hydroxylation is 1. The Hall–Kier alpha value is -3.07. The van der Waals surface area contributed by atoms with Gasteiger partial charge in [0.1, 0.15) is 12.4 Å². The Morgan fingerprint density at radius 3 is 2.47 bits per heavy atom. The van der Waals surface area contributed by atoms with E-state index in [2.05, 4.69) is 18.6 Å². The van der Waals surface area contributed by atoms with Gasteiger partial charge in [-0.2, -0.15) is 8.78 Å². The Balaban J connectivity index is 1.70. The van der Waals surface area contributed by atoms with Crippen molar-refractivity contribution in [2.24, 2.45) is 0 Å². The van der Waals surface area contributed by atoms with Crippen molar-refractivity contribution in [1.82, 2.24) is 4.90 Å². The van der Waals surface area contributed by atoms with E-state index in [1.54, 1.807) is 6.92 Å². The van der Waals surface area contributed by atoms with Crippen LogP contribution in [-0.4, -0.2) is 42.4 Å². The average Bonchev–Trinajstić information content (AvgIpc) is 3.02. The molecule has 1 heterocycles. The van der Waals surface area contributed by atoms with E-state index in [1.807, 2.05) is 25.1 Å². The van der Waals surface area contributed by atoms with E-state index in [0.29, 0.717) is 5.56 Å². The molecule has 34 heavy (non-hydrogen) atoms. The van der Waals surface area contributed by atoms with Crippen molar-refractivity contribution in [2.75, 3.05) is 19.8 Å². The third-order valence-corrected chi connectivity index (χ3v) is 5.93. The molecule has 0 saturated carbocycles. The predicted octanol–water partition coefficient (Wildman–Crippen LogP) is 6.23. The summed E-state index contributed by atoms with van der Waals surface area (Å²) < 4.78 is 41.0. The number of carbonyl (C=O) groups is 2. The lowest BCUT2D eigenvalue weighted by atomic mass is 10.0. The summed E-state index contributed by atoms with van der Waals surface area (Å²) >= 11 is 0.818. The molecule has 0 N–H and O–H groups in total.